The van der Waals surface area contributed by atoms with Crippen LogP contribution in [0.5, 0.6) is 0 Å². The van der Waals surface area contributed by atoms with E-state index in [0.29, 0.717) is 17.3 Å². The van der Waals surface area contributed by atoms with Crippen molar-refractivity contribution in [3.05, 3.63) is 0 Å². The van der Waals surface area contributed by atoms with E-state index in [1.165, 1.54) is 0 Å². The Morgan fingerprint density at radius 2 is 0.677 bits per heavy atom. The first-order valence-corrected chi connectivity index (χ1v) is 26.3. The molecule has 1 nitrogen and oxygen atoms in total. The van der Waals surface area contributed by atoms with Gasteiger partial charge < -0.3 is 6.15 Å². The van der Waals surface area contributed by atoms with Crippen LogP contribution in [0.3, 0.4) is 0 Å². The summed E-state index contributed by atoms with van der Waals surface area (Å²) in [6.07, 6.45) is 13.1. The summed E-state index contributed by atoms with van der Waals surface area (Å²) in [5, 5.41) is 0. The van der Waals surface area contributed by atoms with Gasteiger partial charge in [-0.05, 0) is 111 Å². The van der Waals surface area contributed by atoms with Gasteiger partial charge in [0, 0.05) is 0 Å². The monoisotopic (exact) mass is 661 g/mol. The molecule has 3 N–H and O–H groups in total. The van der Waals surface area contributed by atoms with Gasteiger partial charge in [0.25, 0.3) is 0 Å². The molecule has 0 atom stereocenters. The minimum atomic E-state index is -2.67. The van der Waals surface area contributed by atoms with Crippen LogP contribution >= 0.6 is 99.7 Å². The standard InChI is InChI=1S/C18H29Cl9Si3.H3N/c19-28(20,21)15-5-1-13(2-6-15)18(11-9-17(10-12-18)30(25,26)27)14-3-7-16(8-4-14)29(22,23)24;/h13-17H,1-12H2;1H3. The third-order valence-corrected chi connectivity index (χ3v) is 21.2. The van der Waals surface area contributed by atoms with Crippen LogP contribution in [0.15, 0.2) is 0 Å². The van der Waals surface area contributed by atoms with Gasteiger partial charge in [0.1, 0.15) is 0 Å². The van der Waals surface area contributed by atoms with Gasteiger partial charge in [0.15, 0.2) is 0 Å². The van der Waals surface area contributed by atoms with Crippen molar-refractivity contribution in [3.63, 3.8) is 0 Å². The van der Waals surface area contributed by atoms with Crippen LogP contribution in [0.1, 0.15) is 77.0 Å². The summed E-state index contributed by atoms with van der Waals surface area (Å²) in [5.74, 6) is 1.33. The molecule has 0 amide bonds. The third-order valence-electron chi connectivity index (χ3n) is 8.39. The molecule has 0 radical (unpaired) electrons. The van der Waals surface area contributed by atoms with Gasteiger partial charge in [-0.3, -0.25) is 0 Å². The van der Waals surface area contributed by atoms with Crippen LogP contribution in [-0.4, -0.2) is 18.0 Å². The maximum absolute atomic E-state index is 6.41. The lowest BCUT2D eigenvalue weighted by Crippen LogP contribution is -2.45. The Kier molecular flexibility index (Phi) is 11.5. The Morgan fingerprint density at radius 1 is 0.419 bits per heavy atom. The molecule has 0 aromatic carbocycles. The first-order chi connectivity index (χ1) is 13.7. The molecule has 3 aliphatic rings. The number of halogens is 9. The van der Waals surface area contributed by atoms with Gasteiger partial charge in [0.2, 0.25) is 0 Å². The number of rotatable bonds is 5. The van der Waals surface area contributed by atoms with E-state index in [0.717, 1.165) is 77.0 Å². The highest BCUT2D eigenvalue weighted by Gasteiger charge is 2.53. The molecule has 0 aromatic rings. The van der Waals surface area contributed by atoms with E-state index in [2.05, 4.69) is 0 Å². The van der Waals surface area contributed by atoms with Gasteiger partial charge in [-0.25, -0.2) is 0 Å². The molecule has 0 bridgehead atoms. The topological polar surface area (TPSA) is 35.0 Å². The minimum absolute atomic E-state index is 0. The highest BCUT2D eigenvalue weighted by molar-refractivity contribution is 7.66. The van der Waals surface area contributed by atoms with E-state index in [-0.39, 0.29) is 22.8 Å². The van der Waals surface area contributed by atoms with Crippen molar-refractivity contribution in [2.45, 2.75) is 93.7 Å². The molecule has 0 aromatic heterocycles. The first-order valence-electron chi connectivity index (χ1n) is 10.9. The van der Waals surface area contributed by atoms with E-state index < -0.39 is 18.0 Å². The number of hydrogen-bond donors (Lipinski definition) is 1. The van der Waals surface area contributed by atoms with Gasteiger partial charge >= 0.3 is 18.0 Å². The molecule has 0 unspecified atom stereocenters. The predicted octanol–water partition coefficient (Wildman–Crippen LogP) is 11.2. The maximum Gasteiger partial charge on any atom is 0.344 e. The van der Waals surface area contributed by atoms with E-state index in [9.17, 15) is 0 Å². The quantitative estimate of drug-likeness (QED) is 0.230. The van der Waals surface area contributed by atoms with Crippen LogP contribution in [0.4, 0.5) is 0 Å². The summed E-state index contributed by atoms with van der Waals surface area (Å²) in [4.78, 5) is 0. The molecule has 0 spiro atoms. The zero-order valence-electron chi connectivity index (χ0n) is 17.5. The molecule has 0 heterocycles. The lowest BCUT2D eigenvalue weighted by molar-refractivity contribution is -0.0125. The Hall–Kier alpha value is 3.22. The minimum Gasteiger partial charge on any atom is -0.344 e. The molecular weight excluding hydrogens is 634 g/mol. The summed E-state index contributed by atoms with van der Waals surface area (Å²) < 4.78 is 0. The van der Waals surface area contributed by atoms with Crippen LogP contribution < -0.4 is 6.15 Å². The molecule has 3 aliphatic carbocycles. The van der Waals surface area contributed by atoms with Crippen molar-refractivity contribution in [2.24, 2.45) is 17.3 Å². The van der Waals surface area contributed by atoms with Crippen molar-refractivity contribution < 1.29 is 0 Å². The Morgan fingerprint density at radius 3 is 0.935 bits per heavy atom. The van der Waals surface area contributed by atoms with Crippen LogP contribution in [0.2, 0.25) is 16.6 Å². The molecule has 3 saturated carbocycles. The van der Waals surface area contributed by atoms with E-state index in [4.69, 9.17) is 99.7 Å². The molecule has 13 heteroatoms. The van der Waals surface area contributed by atoms with Gasteiger partial charge in [-0.15, -0.1) is 99.7 Å². The van der Waals surface area contributed by atoms with Crippen molar-refractivity contribution in [1.82, 2.24) is 6.15 Å². The summed E-state index contributed by atoms with van der Waals surface area (Å²) in [6, 6.07) is -7.94. The molecular formula is C18H32Cl9NSi3. The van der Waals surface area contributed by atoms with Crippen LogP contribution in [0.25, 0.3) is 0 Å². The SMILES string of the molecule is Cl[Si](Cl)(Cl)C1CCC(C2(C3CCC([Si](Cl)(Cl)Cl)CC3)CCC([Si](Cl)(Cl)Cl)CC2)CC1.N. The third kappa shape index (κ3) is 7.61. The molecule has 0 aliphatic heterocycles. The Bertz CT molecular complexity index is 533. The van der Waals surface area contributed by atoms with E-state index in [1.54, 1.807) is 0 Å². The fourth-order valence-electron chi connectivity index (χ4n) is 6.62. The maximum atomic E-state index is 6.41. The molecule has 184 valence electrons. The molecule has 3 fully saturated rings. The summed E-state index contributed by atoms with van der Waals surface area (Å²) in [6.45, 7) is 0. The number of hydrogen-bond acceptors (Lipinski definition) is 1. The average molecular weight is 666 g/mol. The summed E-state index contributed by atoms with van der Waals surface area (Å²) in [5.41, 5.74) is 1.14. The lowest BCUT2D eigenvalue weighted by atomic mass is 9.53. The van der Waals surface area contributed by atoms with Crippen molar-refractivity contribution in [3.8, 4) is 0 Å². The van der Waals surface area contributed by atoms with Crippen molar-refractivity contribution >= 4 is 118 Å². The first kappa shape index (κ1) is 30.4. The summed E-state index contributed by atoms with van der Waals surface area (Å²) >= 11 is 57.3. The van der Waals surface area contributed by atoms with Crippen molar-refractivity contribution in [1.29, 1.82) is 0 Å². The zero-order valence-corrected chi connectivity index (χ0v) is 27.3. The predicted molar refractivity (Wildman–Crippen MR) is 151 cm³/mol. The van der Waals surface area contributed by atoms with E-state index >= 15 is 0 Å². The molecule has 0 saturated heterocycles. The second-order valence-electron chi connectivity index (χ2n) is 9.73. The molecule has 31 heavy (non-hydrogen) atoms. The van der Waals surface area contributed by atoms with Gasteiger partial charge in [0.05, 0.1) is 0 Å². The normalized spacial score (nSPS) is 38.4. The second kappa shape index (κ2) is 11.7. The van der Waals surface area contributed by atoms with Crippen LogP contribution in [-0.2, 0) is 0 Å². The Balaban J connectivity index is 0.00000341. The van der Waals surface area contributed by atoms with Gasteiger partial charge in [-0.1, -0.05) is 0 Å². The fourth-order valence-corrected chi connectivity index (χ4v) is 15.4. The summed E-state index contributed by atoms with van der Waals surface area (Å²) in [7, 11) is 0. The lowest BCUT2D eigenvalue weighted by Gasteiger charge is -2.54. The van der Waals surface area contributed by atoms with Crippen molar-refractivity contribution in [2.75, 3.05) is 0 Å². The molecule has 3 rings (SSSR count). The van der Waals surface area contributed by atoms with Crippen LogP contribution in [0, 0.1) is 17.3 Å². The van der Waals surface area contributed by atoms with E-state index in [1.807, 2.05) is 0 Å². The highest BCUT2D eigenvalue weighted by atomic mass is 35.9. The second-order valence-corrected chi connectivity index (χ2v) is 36.7. The largest absolute Gasteiger partial charge is 0.344 e. The van der Waals surface area contributed by atoms with Gasteiger partial charge in [-0.2, -0.15) is 0 Å². The zero-order chi connectivity index (χ0) is 22.4. The Labute approximate surface area is 232 Å². The fraction of sp³-hybridized carbons (Fsp3) is 1.00. The average Bonchev–Trinajstić information content (AvgIpc) is 2.66. The smallest absolute Gasteiger partial charge is 0.344 e. The highest BCUT2D eigenvalue weighted by Crippen LogP contribution is 2.63.